The fourth-order valence-electron chi connectivity index (χ4n) is 7.04. The molecule has 0 aliphatic heterocycles. The van der Waals surface area contributed by atoms with Crippen molar-refractivity contribution in [2.24, 2.45) is 5.41 Å². The first-order valence-electron chi connectivity index (χ1n) is 15.0. The van der Waals surface area contributed by atoms with Crippen LogP contribution in [0, 0.1) is 5.41 Å². The number of benzene rings is 4. The summed E-state index contributed by atoms with van der Waals surface area (Å²) in [6.07, 6.45) is 0.755. The maximum atomic E-state index is 14.0. The van der Waals surface area contributed by atoms with Gasteiger partial charge in [0, 0.05) is 41.4 Å². The Balaban J connectivity index is 1.07. The number of anilines is 1. The lowest BCUT2D eigenvalue weighted by Crippen LogP contribution is -2.47. The third-order valence-electron chi connectivity index (χ3n) is 9.33. The second kappa shape index (κ2) is 11.8. The standard InChI is InChI=1S/C37H31Cl2N3O2S/c1-3-42(20-22-12-17-30(38)31(39)18-22)34(43)24-15-13-23(14-16-24)32-21-45-36(40-32)41-35(44)37(2)19-29-25-8-4-6-10-27(25)33(37)28-11-7-5-9-26(28)29/h4-18,21,29,33H,3,19-20H2,1-2H3,(H,40,41,44). The molecule has 8 heteroatoms. The Morgan fingerprint density at radius 1 is 0.911 bits per heavy atom. The third kappa shape index (κ3) is 5.25. The number of hydrogen-bond acceptors (Lipinski definition) is 4. The fourth-order valence-corrected chi connectivity index (χ4v) is 8.08. The second-order valence-electron chi connectivity index (χ2n) is 12.0. The van der Waals surface area contributed by atoms with E-state index in [1.54, 1.807) is 17.0 Å². The molecule has 1 N–H and O–H groups in total. The summed E-state index contributed by atoms with van der Waals surface area (Å²) in [5.41, 5.74) is 7.69. The maximum absolute atomic E-state index is 14.0. The summed E-state index contributed by atoms with van der Waals surface area (Å²) < 4.78 is 0. The molecule has 0 saturated heterocycles. The number of halogens is 2. The van der Waals surface area contributed by atoms with Crippen LogP contribution in [0.5, 0.6) is 0 Å². The predicted molar refractivity (Wildman–Crippen MR) is 182 cm³/mol. The SMILES string of the molecule is CCN(Cc1ccc(Cl)c(Cl)c1)C(=O)c1ccc(-c2csc(NC(=O)C3(C)CC4c5ccccc5C3c3ccccc34)n2)cc1. The zero-order chi connectivity index (χ0) is 31.3. The lowest BCUT2D eigenvalue weighted by atomic mass is 9.52. The molecule has 8 rings (SSSR count). The summed E-state index contributed by atoms with van der Waals surface area (Å²) in [5, 5.41) is 6.63. The van der Waals surface area contributed by atoms with Gasteiger partial charge in [-0.3, -0.25) is 9.59 Å². The Morgan fingerprint density at radius 3 is 2.18 bits per heavy atom. The van der Waals surface area contributed by atoms with Crippen molar-refractivity contribution in [3.63, 3.8) is 0 Å². The molecule has 0 spiro atoms. The first-order valence-corrected chi connectivity index (χ1v) is 16.7. The van der Waals surface area contributed by atoms with Gasteiger partial charge in [-0.05, 0) is 72.4 Å². The number of thiazole rings is 1. The molecule has 3 aliphatic carbocycles. The lowest BCUT2D eigenvalue weighted by Gasteiger charge is -2.50. The van der Waals surface area contributed by atoms with Gasteiger partial charge in [-0.1, -0.05) is 89.9 Å². The Kier molecular flexibility index (Phi) is 7.76. The Morgan fingerprint density at radius 2 is 1.56 bits per heavy atom. The molecule has 1 aromatic heterocycles. The van der Waals surface area contributed by atoms with Gasteiger partial charge in [-0.25, -0.2) is 4.98 Å². The zero-order valence-electron chi connectivity index (χ0n) is 24.9. The van der Waals surface area contributed by atoms with Crippen LogP contribution in [0.3, 0.4) is 0 Å². The molecule has 5 nitrogen and oxygen atoms in total. The fraction of sp³-hybridized carbons (Fsp3) is 0.216. The number of carbonyl (C=O) groups is 2. The van der Waals surface area contributed by atoms with Gasteiger partial charge in [0.1, 0.15) is 0 Å². The molecule has 0 radical (unpaired) electrons. The van der Waals surface area contributed by atoms with Crippen LogP contribution in [0.4, 0.5) is 5.13 Å². The van der Waals surface area contributed by atoms with Gasteiger partial charge >= 0.3 is 0 Å². The van der Waals surface area contributed by atoms with Gasteiger partial charge in [-0.15, -0.1) is 11.3 Å². The number of amides is 2. The highest BCUT2D eigenvalue weighted by Gasteiger charge is 2.54. The molecule has 0 fully saturated rings. The van der Waals surface area contributed by atoms with E-state index in [0.29, 0.717) is 33.8 Å². The highest BCUT2D eigenvalue weighted by atomic mass is 35.5. The molecule has 2 bridgehead atoms. The number of aromatic nitrogens is 1. The van der Waals surface area contributed by atoms with Gasteiger partial charge in [0.15, 0.2) is 5.13 Å². The van der Waals surface area contributed by atoms with Crippen molar-refractivity contribution in [1.82, 2.24) is 9.88 Å². The Bertz CT molecular complexity index is 1890. The number of rotatable bonds is 7. The van der Waals surface area contributed by atoms with Crippen LogP contribution >= 0.6 is 34.5 Å². The molecule has 1 atom stereocenters. The number of hydrogen-bond donors (Lipinski definition) is 1. The molecule has 0 saturated carbocycles. The Hall–Kier alpha value is -3.97. The average Bonchev–Trinajstić information content (AvgIpc) is 3.53. The van der Waals surface area contributed by atoms with E-state index in [2.05, 4.69) is 60.8 Å². The summed E-state index contributed by atoms with van der Waals surface area (Å²) in [4.78, 5) is 33.8. The number of carbonyl (C=O) groups excluding carboxylic acids is 2. The van der Waals surface area contributed by atoms with Gasteiger partial charge in [0.25, 0.3) is 5.91 Å². The van der Waals surface area contributed by atoms with Crippen LogP contribution < -0.4 is 5.32 Å². The molecule has 226 valence electrons. The van der Waals surface area contributed by atoms with Crippen LogP contribution in [-0.2, 0) is 11.3 Å². The van der Waals surface area contributed by atoms with Crippen molar-refractivity contribution in [3.05, 3.63) is 140 Å². The molecule has 45 heavy (non-hydrogen) atoms. The van der Waals surface area contributed by atoms with Crippen LogP contribution in [0.1, 0.15) is 70.3 Å². The smallest absolute Gasteiger partial charge is 0.254 e. The van der Waals surface area contributed by atoms with Crippen LogP contribution in [0.2, 0.25) is 10.0 Å². The minimum atomic E-state index is -0.607. The molecule has 5 aromatic rings. The van der Waals surface area contributed by atoms with E-state index < -0.39 is 5.41 Å². The van der Waals surface area contributed by atoms with E-state index >= 15 is 0 Å². The molecule has 1 heterocycles. The van der Waals surface area contributed by atoms with Gasteiger partial charge in [0.05, 0.1) is 21.2 Å². The van der Waals surface area contributed by atoms with Crippen molar-refractivity contribution in [2.75, 3.05) is 11.9 Å². The van der Waals surface area contributed by atoms with E-state index in [1.165, 1.54) is 33.6 Å². The highest BCUT2D eigenvalue weighted by molar-refractivity contribution is 7.14. The van der Waals surface area contributed by atoms with E-state index in [9.17, 15) is 9.59 Å². The molecule has 3 aliphatic rings. The second-order valence-corrected chi connectivity index (χ2v) is 13.7. The highest BCUT2D eigenvalue weighted by Crippen LogP contribution is 2.61. The van der Waals surface area contributed by atoms with E-state index in [0.717, 1.165) is 23.2 Å². The maximum Gasteiger partial charge on any atom is 0.254 e. The summed E-state index contributed by atoms with van der Waals surface area (Å²) in [7, 11) is 0. The van der Waals surface area contributed by atoms with E-state index in [4.69, 9.17) is 28.2 Å². The molecule has 2 amide bonds. The van der Waals surface area contributed by atoms with Crippen LogP contribution in [0.25, 0.3) is 11.3 Å². The van der Waals surface area contributed by atoms with Crippen molar-refractivity contribution in [1.29, 1.82) is 0 Å². The summed E-state index contributed by atoms with van der Waals surface area (Å²) >= 11 is 13.6. The third-order valence-corrected chi connectivity index (χ3v) is 10.8. The molecular weight excluding hydrogens is 621 g/mol. The quantitative estimate of drug-likeness (QED) is 0.191. The number of nitrogens with zero attached hydrogens (tertiary/aromatic N) is 2. The number of fused-ring (bicyclic) bond motifs is 1. The summed E-state index contributed by atoms with van der Waals surface area (Å²) in [6.45, 7) is 5.02. The monoisotopic (exact) mass is 651 g/mol. The average molecular weight is 653 g/mol. The largest absolute Gasteiger partial charge is 0.335 e. The predicted octanol–water partition coefficient (Wildman–Crippen LogP) is 9.41. The normalized spacial score (nSPS) is 19.5. The van der Waals surface area contributed by atoms with Crippen molar-refractivity contribution >= 4 is 51.5 Å². The number of nitrogens with one attached hydrogen (secondary N) is 1. The van der Waals surface area contributed by atoms with Gasteiger partial charge in [-0.2, -0.15) is 0 Å². The minimum absolute atomic E-state index is 0.00928. The van der Waals surface area contributed by atoms with E-state index in [1.807, 2.05) is 42.6 Å². The topological polar surface area (TPSA) is 62.3 Å². The Labute approximate surface area is 276 Å². The summed E-state index contributed by atoms with van der Waals surface area (Å²) in [6, 6.07) is 30.0. The zero-order valence-corrected chi connectivity index (χ0v) is 27.2. The lowest BCUT2D eigenvalue weighted by molar-refractivity contribution is -0.126. The molecule has 1 unspecified atom stereocenters. The molecular formula is C37H31Cl2N3O2S. The van der Waals surface area contributed by atoms with Crippen molar-refractivity contribution in [3.8, 4) is 11.3 Å². The van der Waals surface area contributed by atoms with Gasteiger partial charge in [0.2, 0.25) is 5.91 Å². The first kappa shape index (κ1) is 29.7. The van der Waals surface area contributed by atoms with Crippen molar-refractivity contribution < 1.29 is 9.59 Å². The summed E-state index contributed by atoms with van der Waals surface area (Å²) in [5.74, 6) is 0.0992. The van der Waals surface area contributed by atoms with E-state index in [-0.39, 0.29) is 23.7 Å². The van der Waals surface area contributed by atoms with Crippen LogP contribution in [0.15, 0.2) is 96.4 Å². The first-order chi connectivity index (χ1) is 21.8. The minimum Gasteiger partial charge on any atom is -0.335 e. The van der Waals surface area contributed by atoms with Gasteiger partial charge < -0.3 is 10.2 Å². The van der Waals surface area contributed by atoms with Crippen LogP contribution in [-0.4, -0.2) is 28.2 Å². The molecule has 4 aromatic carbocycles. The van der Waals surface area contributed by atoms with Crippen molar-refractivity contribution in [2.45, 2.75) is 38.6 Å².